The molecule has 0 atom stereocenters. The van der Waals surface area contributed by atoms with E-state index in [0.29, 0.717) is 11.1 Å². The van der Waals surface area contributed by atoms with Crippen molar-refractivity contribution in [1.82, 2.24) is 0 Å². The van der Waals surface area contributed by atoms with Crippen molar-refractivity contribution in [3.05, 3.63) is 59.7 Å². The summed E-state index contributed by atoms with van der Waals surface area (Å²) >= 11 is 0. The van der Waals surface area contributed by atoms with Gasteiger partial charge in [-0.2, -0.15) is 0 Å². The van der Waals surface area contributed by atoms with Crippen molar-refractivity contribution in [3.63, 3.8) is 0 Å². The van der Waals surface area contributed by atoms with E-state index >= 15 is 0 Å². The molecule has 0 saturated carbocycles. The first-order valence-electron chi connectivity index (χ1n) is 12.2. The lowest BCUT2D eigenvalue weighted by Gasteiger charge is -2.44. The van der Waals surface area contributed by atoms with Crippen LogP contribution in [0.5, 0.6) is 0 Å². The van der Waals surface area contributed by atoms with Crippen LogP contribution in [0.15, 0.2) is 48.5 Å². The number of hydrogen-bond donors (Lipinski definition) is 0. The molecule has 2 aromatic rings. The molecule has 0 N–H and O–H groups in total. The zero-order valence-corrected chi connectivity index (χ0v) is 21.1. The highest BCUT2D eigenvalue weighted by Crippen LogP contribution is 2.52. The minimum Gasteiger partial charge on any atom is -0.465 e. The van der Waals surface area contributed by atoms with Gasteiger partial charge in [0.15, 0.2) is 10.8 Å². The molecular formula is C28H32O8. The molecule has 0 saturated heterocycles. The number of hydrogen-bond acceptors (Lipinski definition) is 8. The first-order chi connectivity index (χ1) is 17.3. The summed E-state index contributed by atoms with van der Waals surface area (Å²) in [5.41, 5.74) is -2.12. The van der Waals surface area contributed by atoms with E-state index < -0.39 is 34.7 Å². The van der Waals surface area contributed by atoms with E-state index in [9.17, 15) is 19.2 Å². The fourth-order valence-corrected chi connectivity index (χ4v) is 4.92. The smallest absolute Gasteiger partial charge is 0.325 e. The highest BCUT2D eigenvalue weighted by molar-refractivity contribution is 6.15. The summed E-state index contributed by atoms with van der Waals surface area (Å²) in [6.07, 6.45) is -0.653. The third kappa shape index (κ3) is 4.36. The Morgan fingerprint density at radius 1 is 0.556 bits per heavy atom. The number of carbonyl (C=O) groups excluding carboxylic acids is 4. The van der Waals surface area contributed by atoms with Gasteiger partial charge in [-0.25, -0.2) is 0 Å². The summed E-state index contributed by atoms with van der Waals surface area (Å²) < 4.78 is 21.6. The summed E-state index contributed by atoms with van der Waals surface area (Å²) in [4.78, 5) is 55.7. The Bertz CT molecular complexity index is 1010. The molecule has 36 heavy (non-hydrogen) atoms. The van der Waals surface area contributed by atoms with Gasteiger partial charge in [-0.05, 0) is 49.9 Å². The van der Waals surface area contributed by atoms with E-state index in [1.165, 1.54) is 0 Å². The Balaban J connectivity index is 2.53. The molecule has 0 fully saturated rings. The van der Waals surface area contributed by atoms with E-state index in [2.05, 4.69) is 0 Å². The van der Waals surface area contributed by atoms with Gasteiger partial charge < -0.3 is 18.9 Å². The number of fused-ring (bicyclic) bond motifs is 3. The number of carbonyl (C=O) groups is 4. The van der Waals surface area contributed by atoms with Crippen molar-refractivity contribution < 1.29 is 38.1 Å². The summed E-state index contributed by atoms with van der Waals surface area (Å²) in [5, 5.41) is 0. The summed E-state index contributed by atoms with van der Waals surface area (Å²) in [6, 6.07) is 14.5. The molecule has 8 nitrogen and oxygen atoms in total. The van der Waals surface area contributed by atoms with Crippen molar-refractivity contribution in [1.29, 1.82) is 0 Å². The molecule has 1 aliphatic carbocycles. The van der Waals surface area contributed by atoms with Gasteiger partial charge >= 0.3 is 23.9 Å². The molecule has 2 aromatic carbocycles. The van der Waals surface area contributed by atoms with Crippen LogP contribution in [-0.2, 0) is 51.0 Å². The molecule has 192 valence electrons. The van der Waals surface area contributed by atoms with Crippen molar-refractivity contribution in [2.45, 2.75) is 40.5 Å². The third-order valence-electron chi connectivity index (χ3n) is 6.46. The van der Waals surface area contributed by atoms with Crippen LogP contribution in [0.2, 0.25) is 0 Å². The molecule has 0 aromatic heterocycles. The maximum Gasteiger partial charge on any atom is 0.325 e. The molecule has 8 heteroatoms. The van der Waals surface area contributed by atoms with Gasteiger partial charge in [-0.3, -0.25) is 19.2 Å². The first kappa shape index (κ1) is 26.9. The van der Waals surface area contributed by atoms with Crippen molar-refractivity contribution >= 4 is 23.9 Å². The second-order valence-electron chi connectivity index (χ2n) is 8.36. The van der Waals surface area contributed by atoms with Gasteiger partial charge in [-0.1, -0.05) is 48.5 Å². The molecular weight excluding hydrogens is 464 g/mol. The van der Waals surface area contributed by atoms with Crippen molar-refractivity contribution in [2.24, 2.45) is 10.8 Å². The predicted octanol–water partition coefficient (Wildman–Crippen LogP) is 3.68. The Labute approximate surface area is 210 Å². The van der Waals surface area contributed by atoms with Crippen LogP contribution in [0.4, 0.5) is 0 Å². The normalized spacial score (nSPS) is 15.2. The molecule has 0 bridgehead atoms. The lowest BCUT2D eigenvalue weighted by molar-refractivity contribution is -0.203. The number of benzene rings is 2. The maximum atomic E-state index is 13.9. The molecule has 0 aliphatic heterocycles. The van der Waals surface area contributed by atoms with Crippen molar-refractivity contribution in [3.8, 4) is 11.1 Å². The van der Waals surface area contributed by atoms with E-state index in [-0.39, 0.29) is 39.3 Å². The van der Waals surface area contributed by atoms with Crippen LogP contribution in [0.1, 0.15) is 38.8 Å². The topological polar surface area (TPSA) is 105 Å². The van der Waals surface area contributed by atoms with Gasteiger partial charge in [0.25, 0.3) is 0 Å². The summed E-state index contributed by atoms with van der Waals surface area (Å²) in [7, 11) is 0. The van der Waals surface area contributed by atoms with Gasteiger partial charge in [0.05, 0.1) is 26.4 Å². The minimum absolute atomic E-state index is 0.0834. The molecule has 1 aliphatic rings. The van der Waals surface area contributed by atoms with Gasteiger partial charge in [0.1, 0.15) is 0 Å². The Kier molecular flexibility index (Phi) is 8.50. The molecule has 0 amide bonds. The van der Waals surface area contributed by atoms with Gasteiger partial charge in [0, 0.05) is 12.8 Å². The predicted molar refractivity (Wildman–Crippen MR) is 131 cm³/mol. The highest BCUT2D eigenvalue weighted by atomic mass is 16.6. The lowest BCUT2D eigenvalue weighted by atomic mass is 9.56. The maximum absolute atomic E-state index is 13.9. The third-order valence-corrected chi connectivity index (χ3v) is 6.46. The zero-order chi connectivity index (χ0) is 26.3. The van der Waals surface area contributed by atoms with Crippen LogP contribution >= 0.6 is 0 Å². The Morgan fingerprint density at radius 3 is 1.11 bits per heavy atom. The average Bonchev–Trinajstić information content (AvgIpc) is 2.86. The van der Waals surface area contributed by atoms with E-state index in [4.69, 9.17) is 18.9 Å². The molecule has 3 rings (SSSR count). The number of esters is 4. The number of ether oxygens (including phenoxy) is 4. The Morgan fingerprint density at radius 2 is 0.833 bits per heavy atom. The fourth-order valence-electron chi connectivity index (χ4n) is 4.92. The standard InChI is InChI=1S/C28H32O8/c1-5-33-23(29)27(24(30)34-6-2)17-19-13-9-11-15-21(19)22-16-12-10-14-20(22)18-28(27,25(31)35-7-3)26(32)36-8-4/h9-16H,5-8,17-18H2,1-4H3. The number of rotatable bonds is 8. The largest absolute Gasteiger partial charge is 0.465 e. The molecule has 0 heterocycles. The van der Waals surface area contributed by atoms with Crippen LogP contribution in [0.25, 0.3) is 11.1 Å². The van der Waals surface area contributed by atoms with Crippen LogP contribution < -0.4 is 0 Å². The highest BCUT2D eigenvalue weighted by Gasteiger charge is 2.73. The van der Waals surface area contributed by atoms with Gasteiger partial charge in [0.2, 0.25) is 0 Å². The quantitative estimate of drug-likeness (QED) is 0.310. The SMILES string of the molecule is CCOC(=O)C1(C(=O)OCC)Cc2ccccc2-c2ccccc2CC1(C(=O)OCC)C(=O)OCC. The van der Waals surface area contributed by atoms with E-state index in [1.807, 2.05) is 24.3 Å². The molecule has 0 unspecified atom stereocenters. The second-order valence-corrected chi connectivity index (χ2v) is 8.36. The molecule has 0 spiro atoms. The lowest BCUT2D eigenvalue weighted by Crippen LogP contribution is -2.65. The second kappa shape index (κ2) is 11.4. The van der Waals surface area contributed by atoms with E-state index in [0.717, 1.165) is 11.1 Å². The summed E-state index contributed by atoms with van der Waals surface area (Å²) in [5.74, 6) is -4.17. The first-order valence-corrected chi connectivity index (χ1v) is 12.2. The zero-order valence-electron chi connectivity index (χ0n) is 21.1. The van der Waals surface area contributed by atoms with Gasteiger partial charge in [-0.15, -0.1) is 0 Å². The Hall–Kier alpha value is -3.68. The fraction of sp³-hybridized carbons (Fsp3) is 0.429. The molecule has 0 radical (unpaired) electrons. The average molecular weight is 497 g/mol. The minimum atomic E-state index is -2.40. The monoisotopic (exact) mass is 496 g/mol. The van der Waals surface area contributed by atoms with E-state index in [1.54, 1.807) is 52.0 Å². The van der Waals surface area contributed by atoms with Crippen LogP contribution in [-0.4, -0.2) is 50.3 Å². The summed E-state index contributed by atoms with van der Waals surface area (Å²) in [6.45, 7) is 6.00. The van der Waals surface area contributed by atoms with Crippen LogP contribution in [0.3, 0.4) is 0 Å². The van der Waals surface area contributed by atoms with Crippen LogP contribution in [0, 0.1) is 10.8 Å². The van der Waals surface area contributed by atoms with Crippen molar-refractivity contribution in [2.75, 3.05) is 26.4 Å².